The molecule has 2 heterocycles. The summed E-state index contributed by atoms with van der Waals surface area (Å²) in [5.41, 5.74) is 3.76. The molecule has 0 amide bonds. The molecule has 2 heteroatoms. The lowest BCUT2D eigenvalue weighted by Crippen LogP contribution is -2.24. The predicted octanol–water partition coefficient (Wildman–Crippen LogP) is 2.06. The van der Waals surface area contributed by atoms with Gasteiger partial charge in [-0.25, -0.2) is 0 Å². The molecule has 1 aliphatic heterocycles. The summed E-state index contributed by atoms with van der Waals surface area (Å²) in [7, 11) is 0. The molecule has 1 aliphatic rings. The monoisotopic (exact) mass is 178 g/mol. The van der Waals surface area contributed by atoms with Gasteiger partial charge < -0.3 is 5.32 Å². The van der Waals surface area contributed by atoms with Crippen molar-refractivity contribution >= 4 is 0 Å². The summed E-state index contributed by atoms with van der Waals surface area (Å²) >= 11 is 0. The summed E-state index contributed by atoms with van der Waals surface area (Å²) in [6, 6.07) is 4.28. The maximum absolute atomic E-state index is 4.45. The molecule has 72 valence electrons. The average Bonchev–Trinajstić information content (AvgIpc) is 2.21. The van der Waals surface area contributed by atoms with Gasteiger partial charge >= 0.3 is 0 Å². The van der Waals surface area contributed by atoms with Crippen LogP contribution in [0.3, 0.4) is 0 Å². The van der Waals surface area contributed by atoms with Crippen molar-refractivity contribution in [1.29, 1.82) is 0 Å². The van der Waals surface area contributed by atoms with Crippen LogP contribution < -0.4 is 5.32 Å². The van der Waals surface area contributed by atoms with Gasteiger partial charge in [0.05, 0.1) is 5.69 Å². The van der Waals surface area contributed by atoms with E-state index in [0.29, 0.717) is 0 Å². The minimum absolute atomic E-state index is 0.941. The fourth-order valence-electron chi connectivity index (χ4n) is 1.45. The molecular weight excluding hydrogens is 160 g/mol. The first-order valence-corrected chi connectivity index (χ1v) is 5.02. The molecule has 0 aliphatic carbocycles. The number of rotatable bonds is 0. The SMILES string of the molecule is CC.Cc1ccc2c(n1)CNCC2. The minimum atomic E-state index is 0.941. The molecule has 0 radical (unpaired) electrons. The normalized spacial score (nSPS) is 14.1. The van der Waals surface area contributed by atoms with Gasteiger partial charge in [-0.3, -0.25) is 4.98 Å². The van der Waals surface area contributed by atoms with Crippen LogP contribution in [0.2, 0.25) is 0 Å². The van der Waals surface area contributed by atoms with Crippen LogP contribution in [0, 0.1) is 6.92 Å². The maximum Gasteiger partial charge on any atom is 0.0577 e. The van der Waals surface area contributed by atoms with Crippen LogP contribution >= 0.6 is 0 Å². The van der Waals surface area contributed by atoms with E-state index < -0.39 is 0 Å². The van der Waals surface area contributed by atoms with E-state index >= 15 is 0 Å². The Bertz CT molecular complexity index is 269. The van der Waals surface area contributed by atoms with Gasteiger partial charge in [-0.15, -0.1) is 0 Å². The topological polar surface area (TPSA) is 24.9 Å². The van der Waals surface area contributed by atoms with Gasteiger partial charge in [0, 0.05) is 12.2 Å². The minimum Gasteiger partial charge on any atom is -0.311 e. The fourth-order valence-corrected chi connectivity index (χ4v) is 1.45. The Hall–Kier alpha value is -0.890. The molecule has 0 aromatic carbocycles. The number of nitrogens with zero attached hydrogens (tertiary/aromatic N) is 1. The van der Waals surface area contributed by atoms with Gasteiger partial charge in [0.1, 0.15) is 0 Å². The summed E-state index contributed by atoms with van der Waals surface area (Å²) < 4.78 is 0. The highest BCUT2D eigenvalue weighted by Gasteiger charge is 2.08. The molecular formula is C11H18N2. The fraction of sp³-hybridized carbons (Fsp3) is 0.545. The number of aromatic nitrogens is 1. The molecule has 0 unspecified atom stereocenters. The Morgan fingerprint density at radius 1 is 1.31 bits per heavy atom. The number of pyridine rings is 1. The Morgan fingerprint density at radius 3 is 2.85 bits per heavy atom. The third-order valence-corrected chi connectivity index (χ3v) is 2.07. The van der Waals surface area contributed by atoms with E-state index in [-0.39, 0.29) is 0 Å². The molecule has 0 saturated heterocycles. The highest BCUT2D eigenvalue weighted by molar-refractivity contribution is 5.24. The highest BCUT2D eigenvalue weighted by Crippen LogP contribution is 2.11. The van der Waals surface area contributed by atoms with Gasteiger partial charge in [-0.1, -0.05) is 19.9 Å². The van der Waals surface area contributed by atoms with E-state index in [1.54, 1.807) is 0 Å². The largest absolute Gasteiger partial charge is 0.311 e. The molecule has 13 heavy (non-hydrogen) atoms. The lowest BCUT2D eigenvalue weighted by atomic mass is 10.1. The molecule has 0 bridgehead atoms. The number of fused-ring (bicyclic) bond motifs is 1. The average molecular weight is 178 g/mol. The molecule has 1 aromatic rings. The zero-order chi connectivity index (χ0) is 9.68. The second-order valence-electron chi connectivity index (χ2n) is 2.99. The molecule has 2 rings (SSSR count). The Kier molecular flexibility index (Phi) is 3.90. The zero-order valence-electron chi connectivity index (χ0n) is 8.72. The van der Waals surface area contributed by atoms with Crippen molar-refractivity contribution in [2.45, 2.75) is 33.7 Å². The van der Waals surface area contributed by atoms with Crippen LogP contribution in [0.15, 0.2) is 12.1 Å². The van der Waals surface area contributed by atoms with Crippen LogP contribution in [0.25, 0.3) is 0 Å². The van der Waals surface area contributed by atoms with E-state index in [1.165, 1.54) is 11.3 Å². The van der Waals surface area contributed by atoms with Crippen LogP contribution in [-0.2, 0) is 13.0 Å². The van der Waals surface area contributed by atoms with Crippen molar-refractivity contribution in [1.82, 2.24) is 10.3 Å². The summed E-state index contributed by atoms with van der Waals surface area (Å²) in [6.07, 6.45) is 1.13. The Labute approximate surface area is 80.4 Å². The smallest absolute Gasteiger partial charge is 0.0577 e. The van der Waals surface area contributed by atoms with E-state index in [9.17, 15) is 0 Å². The molecule has 0 fully saturated rings. The highest BCUT2D eigenvalue weighted by atomic mass is 14.9. The van der Waals surface area contributed by atoms with Gasteiger partial charge in [0.2, 0.25) is 0 Å². The Morgan fingerprint density at radius 2 is 2.08 bits per heavy atom. The van der Waals surface area contributed by atoms with Crippen LogP contribution in [-0.4, -0.2) is 11.5 Å². The van der Waals surface area contributed by atoms with Crippen molar-refractivity contribution < 1.29 is 0 Å². The quantitative estimate of drug-likeness (QED) is 0.657. The summed E-state index contributed by atoms with van der Waals surface area (Å²) in [5, 5.41) is 3.31. The van der Waals surface area contributed by atoms with Crippen LogP contribution in [0.4, 0.5) is 0 Å². The van der Waals surface area contributed by atoms with Gasteiger partial charge in [-0.05, 0) is 31.5 Å². The molecule has 2 nitrogen and oxygen atoms in total. The number of hydrogen-bond donors (Lipinski definition) is 1. The van der Waals surface area contributed by atoms with Crippen molar-refractivity contribution in [3.05, 3.63) is 29.1 Å². The molecule has 0 spiro atoms. The van der Waals surface area contributed by atoms with E-state index in [1.807, 2.05) is 20.8 Å². The van der Waals surface area contributed by atoms with Crippen molar-refractivity contribution in [3.8, 4) is 0 Å². The lowest BCUT2D eigenvalue weighted by Gasteiger charge is -2.15. The second-order valence-corrected chi connectivity index (χ2v) is 2.99. The third-order valence-electron chi connectivity index (χ3n) is 2.07. The van der Waals surface area contributed by atoms with Crippen molar-refractivity contribution in [3.63, 3.8) is 0 Å². The van der Waals surface area contributed by atoms with E-state index in [2.05, 4.69) is 22.4 Å². The van der Waals surface area contributed by atoms with Crippen molar-refractivity contribution in [2.24, 2.45) is 0 Å². The zero-order valence-corrected chi connectivity index (χ0v) is 8.72. The van der Waals surface area contributed by atoms with Gasteiger partial charge in [0.15, 0.2) is 0 Å². The van der Waals surface area contributed by atoms with Crippen LogP contribution in [0.5, 0.6) is 0 Å². The molecule has 1 aromatic heterocycles. The van der Waals surface area contributed by atoms with E-state index in [0.717, 1.165) is 25.2 Å². The summed E-state index contributed by atoms with van der Waals surface area (Å²) in [5.74, 6) is 0. The summed E-state index contributed by atoms with van der Waals surface area (Å²) in [4.78, 5) is 4.45. The number of hydrogen-bond acceptors (Lipinski definition) is 2. The lowest BCUT2D eigenvalue weighted by molar-refractivity contribution is 0.625. The predicted molar refractivity (Wildman–Crippen MR) is 55.7 cm³/mol. The Balaban J connectivity index is 0.000000396. The van der Waals surface area contributed by atoms with Crippen LogP contribution in [0.1, 0.15) is 30.8 Å². The number of aryl methyl sites for hydroxylation is 1. The standard InChI is InChI=1S/C9H12N2.C2H6/c1-7-2-3-8-4-5-10-6-9(8)11-7;1-2/h2-3,10H,4-6H2,1H3;1-2H3. The van der Waals surface area contributed by atoms with Gasteiger partial charge in [0.25, 0.3) is 0 Å². The first-order chi connectivity index (χ1) is 6.36. The molecule has 1 N–H and O–H groups in total. The first kappa shape index (κ1) is 10.2. The molecule has 0 saturated carbocycles. The van der Waals surface area contributed by atoms with Crippen molar-refractivity contribution in [2.75, 3.05) is 6.54 Å². The van der Waals surface area contributed by atoms with E-state index in [4.69, 9.17) is 0 Å². The maximum atomic E-state index is 4.45. The molecule has 0 atom stereocenters. The van der Waals surface area contributed by atoms with Gasteiger partial charge in [-0.2, -0.15) is 0 Å². The first-order valence-electron chi connectivity index (χ1n) is 5.02. The third kappa shape index (κ3) is 2.52. The second kappa shape index (κ2) is 4.97. The summed E-state index contributed by atoms with van der Waals surface area (Å²) in [6.45, 7) is 8.07. The number of nitrogens with one attached hydrogen (secondary N) is 1.